The van der Waals surface area contributed by atoms with Gasteiger partial charge in [-0.15, -0.1) is 5.10 Å². The highest BCUT2D eigenvalue weighted by Crippen LogP contribution is 2.08. The minimum atomic E-state index is -0.395. The first-order valence-electron chi connectivity index (χ1n) is 5.80. The van der Waals surface area contributed by atoms with E-state index in [1.807, 2.05) is 0 Å². The Morgan fingerprint density at radius 2 is 2.40 bits per heavy atom. The summed E-state index contributed by atoms with van der Waals surface area (Å²) in [6.07, 6.45) is 3.32. The number of hydrogen-bond acceptors (Lipinski definition) is 6. The minimum Gasteiger partial charge on any atom is -0.395 e. The second kappa shape index (κ2) is 6.40. The molecule has 1 amide bonds. The molecule has 0 aliphatic rings. The summed E-state index contributed by atoms with van der Waals surface area (Å²) in [6.45, 7) is -0.0294. The molecule has 0 atom stereocenters. The number of anilines is 1. The van der Waals surface area contributed by atoms with E-state index in [1.54, 1.807) is 13.1 Å². The van der Waals surface area contributed by atoms with Crippen molar-refractivity contribution in [3.63, 3.8) is 0 Å². The number of amides is 1. The summed E-state index contributed by atoms with van der Waals surface area (Å²) in [5.41, 5.74) is 0.834. The summed E-state index contributed by atoms with van der Waals surface area (Å²) in [5, 5.41) is 22.4. The van der Waals surface area contributed by atoms with Gasteiger partial charge in [-0.25, -0.2) is 0 Å². The largest absolute Gasteiger partial charge is 0.395 e. The molecule has 2 rings (SSSR count). The van der Waals surface area contributed by atoms with E-state index in [-0.39, 0.29) is 12.6 Å². The molecule has 2 aromatic rings. The van der Waals surface area contributed by atoms with Gasteiger partial charge in [-0.2, -0.15) is 4.80 Å². The van der Waals surface area contributed by atoms with Crippen LogP contribution >= 0.6 is 0 Å². The minimum absolute atomic E-state index is 0.0294. The van der Waals surface area contributed by atoms with Crippen molar-refractivity contribution < 1.29 is 9.90 Å². The highest BCUT2D eigenvalue weighted by molar-refractivity contribution is 6.04. The molecule has 102 valence electrons. The highest BCUT2D eigenvalue weighted by Gasteiger charge is 2.12. The van der Waals surface area contributed by atoms with Gasteiger partial charge in [0, 0.05) is 18.8 Å². The SMILES string of the molecule is Cn1nnc(NC(=O)c2ccncc2C#CCCO)n1. The topological polar surface area (TPSA) is 106 Å². The van der Waals surface area contributed by atoms with E-state index in [4.69, 9.17) is 5.11 Å². The molecule has 0 saturated carbocycles. The van der Waals surface area contributed by atoms with Crippen molar-refractivity contribution in [2.24, 2.45) is 7.05 Å². The van der Waals surface area contributed by atoms with E-state index in [0.29, 0.717) is 17.5 Å². The lowest BCUT2D eigenvalue weighted by molar-refractivity contribution is 0.102. The van der Waals surface area contributed by atoms with Crippen LogP contribution in [0.5, 0.6) is 0 Å². The average molecular weight is 272 g/mol. The van der Waals surface area contributed by atoms with Crippen molar-refractivity contribution in [2.45, 2.75) is 6.42 Å². The van der Waals surface area contributed by atoms with Crippen molar-refractivity contribution in [3.05, 3.63) is 29.6 Å². The van der Waals surface area contributed by atoms with Crippen LogP contribution in [0, 0.1) is 11.8 Å². The molecule has 20 heavy (non-hydrogen) atoms. The third-order valence-corrected chi connectivity index (χ3v) is 2.26. The zero-order valence-electron chi connectivity index (χ0n) is 10.7. The van der Waals surface area contributed by atoms with Crippen LogP contribution in [-0.4, -0.2) is 42.8 Å². The molecule has 2 heterocycles. The molecule has 8 nitrogen and oxygen atoms in total. The molecule has 0 bridgehead atoms. The highest BCUT2D eigenvalue weighted by atomic mass is 16.2. The number of carbonyl (C=O) groups excluding carboxylic acids is 1. The number of aryl methyl sites for hydroxylation is 1. The van der Waals surface area contributed by atoms with Gasteiger partial charge >= 0.3 is 0 Å². The predicted octanol–water partition coefficient (Wildman–Crippen LogP) is -0.409. The van der Waals surface area contributed by atoms with Gasteiger partial charge in [-0.05, 0) is 11.3 Å². The van der Waals surface area contributed by atoms with Crippen LogP contribution in [0.15, 0.2) is 18.5 Å². The molecule has 0 saturated heterocycles. The molecule has 8 heteroatoms. The van der Waals surface area contributed by atoms with Gasteiger partial charge in [-0.3, -0.25) is 15.1 Å². The van der Waals surface area contributed by atoms with Crippen LogP contribution < -0.4 is 5.32 Å². The summed E-state index contributed by atoms with van der Waals surface area (Å²) >= 11 is 0. The van der Waals surface area contributed by atoms with Crippen LogP contribution in [0.3, 0.4) is 0 Å². The van der Waals surface area contributed by atoms with E-state index in [2.05, 4.69) is 37.6 Å². The second-order valence-electron chi connectivity index (χ2n) is 3.75. The summed E-state index contributed by atoms with van der Waals surface area (Å²) < 4.78 is 0. The molecule has 0 radical (unpaired) electrons. The molecule has 0 spiro atoms. The zero-order valence-corrected chi connectivity index (χ0v) is 10.7. The van der Waals surface area contributed by atoms with E-state index in [0.717, 1.165) is 0 Å². The van der Waals surface area contributed by atoms with Gasteiger partial charge in [0.25, 0.3) is 11.9 Å². The second-order valence-corrected chi connectivity index (χ2v) is 3.75. The Morgan fingerprint density at radius 1 is 1.55 bits per heavy atom. The van der Waals surface area contributed by atoms with Gasteiger partial charge < -0.3 is 5.11 Å². The number of carbonyl (C=O) groups is 1. The molecular formula is C12H12N6O2. The Kier molecular flexibility index (Phi) is 4.36. The monoisotopic (exact) mass is 272 g/mol. The number of aliphatic hydroxyl groups is 1. The maximum Gasteiger partial charge on any atom is 0.270 e. The van der Waals surface area contributed by atoms with Crippen LogP contribution in [0.4, 0.5) is 5.95 Å². The van der Waals surface area contributed by atoms with E-state index >= 15 is 0 Å². The fourth-order valence-corrected chi connectivity index (χ4v) is 1.41. The maximum atomic E-state index is 12.1. The lowest BCUT2D eigenvalue weighted by atomic mass is 10.1. The third-order valence-electron chi connectivity index (χ3n) is 2.26. The van der Waals surface area contributed by atoms with E-state index < -0.39 is 5.91 Å². The summed E-state index contributed by atoms with van der Waals surface area (Å²) in [6, 6.07) is 1.55. The molecule has 2 aromatic heterocycles. The van der Waals surface area contributed by atoms with Crippen LogP contribution in [0.1, 0.15) is 22.3 Å². The van der Waals surface area contributed by atoms with Crippen molar-refractivity contribution >= 4 is 11.9 Å². The fraction of sp³-hybridized carbons (Fsp3) is 0.250. The van der Waals surface area contributed by atoms with Crippen LogP contribution in [-0.2, 0) is 7.05 Å². The van der Waals surface area contributed by atoms with Crippen molar-refractivity contribution in [2.75, 3.05) is 11.9 Å². The number of rotatable bonds is 3. The van der Waals surface area contributed by atoms with Gasteiger partial charge in [0.05, 0.1) is 24.8 Å². The van der Waals surface area contributed by atoms with Gasteiger partial charge in [0.1, 0.15) is 0 Å². The average Bonchev–Trinajstić information content (AvgIpc) is 2.85. The number of pyridine rings is 1. The van der Waals surface area contributed by atoms with Gasteiger partial charge in [0.2, 0.25) is 0 Å². The first-order chi connectivity index (χ1) is 9.70. The van der Waals surface area contributed by atoms with Crippen molar-refractivity contribution in [1.29, 1.82) is 0 Å². The number of nitrogens with one attached hydrogen (secondary N) is 1. The predicted molar refractivity (Wildman–Crippen MR) is 69.6 cm³/mol. The Morgan fingerprint density at radius 3 is 3.10 bits per heavy atom. The standard InChI is InChI=1S/C12H12N6O2/c1-18-16-12(15-17-18)14-11(20)10-5-6-13-8-9(10)4-2-3-7-19/h5-6,8,19H,3,7H2,1H3,(H,14,16,20). The van der Waals surface area contributed by atoms with E-state index in [9.17, 15) is 4.79 Å². The summed E-state index contributed by atoms with van der Waals surface area (Å²) in [5.74, 6) is 5.26. The molecule has 0 aliphatic heterocycles. The van der Waals surface area contributed by atoms with Crippen molar-refractivity contribution in [1.82, 2.24) is 25.2 Å². The number of tetrazole rings is 1. The molecule has 0 unspecified atom stereocenters. The molecule has 0 fully saturated rings. The Labute approximate surface area is 114 Å². The zero-order chi connectivity index (χ0) is 14.4. The van der Waals surface area contributed by atoms with Crippen LogP contribution in [0.25, 0.3) is 0 Å². The normalized spacial score (nSPS) is 9.70. The number of hydrogen-bond donors (Lipinski definition) is 2. The molecule has 0 aliphatic carbocycles. The lowest BCUT2D eigenvalue weighted by Gasteiger charge is -2.02. The third kappa shape index (κ3) is 3.37. The smallest absolute Gasteiger partial charge is 0.270 e. The first kappa shape index (κ1) is 13.6. The Balaban J connectivity index is 2.19. The molecular weight excluding hydrogens is 260 g/mol. The first-order valence-corrected chi connectivity index (χ1v) is 5.80. The Bertz CT molecular complexity index is 670. The van der Waals surface area contributed by atoms with Crippen molar-refractivity contribution in [3.8, 4) is 11.8 Å². The number of aromatic nitrogens is 5. The van der Waals surface area contributed by atoms with E-state index in [1.165, 1.54) is 17.2 Å². The van der Waals surface area contributed by atoms with Gasteiger partial charge in [0.15, 0.2) is 0 Å². The maximum absolute atomic E-state index is 12.1. The Hall–Kier alpha value is -2.79. The molecule has 2 N–H and O–H groups in total. The summed E-state index contributed by atoms with van der Waals surface area (Å²) in [4.78, 5) is 17.3. The number of nitrogens with zero attached hydrogens (tertiary/aromatic N) is 5. The van der Waals surface area contributed by atoms with Crippen LogP contribution in [0.2, 0.25) is 0 Å². The quantitative estimate of drug-likeness (QED) is 0.736. The van der Waals surface area contributed by atoms with Gasteiger partial charge in [-0.1, -0.05) is 16.9 Å². The fourth-order valence-electron chi connectivity index (χ4n) is 1.41. The number of aliphatic hydroxyl groups excluding tert-OH is 1. The lowest BCUT2D eigenvalue weighted by Crippen LogP contribution is -2.15. The summed E-state index contributed by atoms with van der Waals surface area (Å²) in [7, 11) is 1.60. The molecule has 0 aromatic carbocycles.